The van der Waals surface area contributed by atoms with Crippen molar-refractivity contribution in [3.63, 3.8) is 0 Å². The summed E-state index contributed by atoms with van der Waals surface area (Å²) < 4.78 is 1.97. The van der Waals surface area contributed by atoms with Crippen LogP contribution in [0.25, 0.3) is 0 Å². The molecule has 3 heterocycles. The number of anilines is 1. The molecule has 1 aromatic carbocycles. The van der Waals surface area contributed by atoms with Gasteiger partial charge in [0, 0.05) is 51.3 Å². The highest BCUT2D eigenvalue weighted by atomic mass is 127. The lowest BCUT2D eigenvalue weighted by Crippen LogP contribution is -2.41. The Bertz CT molecular complexity index is 942. The lowest BCUT2D eigenvalue weighted by atomic mass is 9.98. The van der Waals surface area contributed by atoms with Gasteiger partial charge >= 0.3 is 0 Å². The zero-order valence-electron chi connectivity index (χ0n) is 18.5. The number of aryl methyl sites for hydroxylation is 1. The third kappa shape index (κ3) is 5.02. The number of rotatable bonds is 6. The van der Waals surface area contributed by atoms with Crippen LogP contribution in [0, 0.1) is 6.92 Å². The molecule has 2 aliphatic heterocycles. The number of aliphatic imine (C=N–C) groups is 1. The molecule has 2 aromatic rings. The summed E-state index contributed by atoms with van der Waals surface area (Å²) in [5, 5.41) is 11.8. The largest absolute Gasteiger partial charge is 0.356 e. The SMILES string of the molecule is CCNC(=NCc1nnc(C)n1C)N1CC(CCN2CCCC2=O)c2ccccc21.I. The van der Waals surface area contributed by atoms with Gasteiger partial charge in [0.25, 0.3) is 0 Å². The third-order valence-corrected chi connectivity index (χ3v) is 6.13. The van der Waals surface area contributed by atoms with E-state index in [0.29, 0.717) is 24.8 Å². The molecule has 1 aromatic heterocycles. The molecule has 0 bridgehead atoms. The number of carbonyl (C=O) groups is 1. The topological polar surface area (TPSA) is 78.7 Å². The monoisotopic (exact) mass is 537 g/mol. The van der Waals surface area contributed by atoms with Gasteiger partial charge < -0.3 is 19.7 Å². The van der Waals surface area contributed by atoms with Crippen LogP contribution in [0.3, 0.4) is 0 Å². The molecule has 8 nitrogen and oxygen atoms in total. The van der Waals surface area contributed by atoms with Gasteiger partial charge in [-0.15, -0.1) is 34.2 Å². The first-order valence-electron chi connectivity index (χ1n) is 10.9. The molecule has 1 N–H and O–H groups in total. The van der Waals surface area contributed by atoms with Crippen molar-refractivity contribution in [2.45, 2.75) is 45.6 Å². The van der Waals surface area contributed by atoms with E-state index in [-0.39, 0.29) is 24.0 Å². The molecule has 1 atom stereocenters. The second kappa shape index (κ2) is 10.4. The lowest BCUT2D eigenvalue weighted by Gasteiger charge is -2.23. The summed E-state index contributed by atoms with van der Waals surface area (Å²) in [6.45, 7) is 7.90. The van der Waals surface area contributed by atoms with Crippen LogP contribution in [0.15, 0.2) is 29.3 Å². The maximum atomic E-state index is 12.0. The predicted molar refractivity (Wildman–Crippen MR) is 133 cm³/mol. The maximum Gasteiger partial charge on any atom is 0.222 e. The predicted octanol–water partition coefficient (Wildman–Crippen LogP) is 2.82. The van der Waals surface area contributed by atoms with Crippen LogP contribution in [0.2, 0.25) is 0 Å². The van der Waals surface area contributed by atoms with Crippen molar-refractivity contribution in [2.24, 2.45) is 12.0 Å². The Balaban J connectivity index is 0.00000272. The van der Waals surface area contributed by atoms with Crippen molar-refractivity contribution in [2.75, 3.05) is 31.1 Å². The second-order valence-electron chi connectivity index (χ2n) is 8.03. The van der Waals surface area contributed by atoms with Gasteiger partial charge in [-0.05, 0) is 38.3 Å². The normalized spacial score (nSPS) is 18.4. The first-order valence-corrected chi connectivity index (χ1v) is 10.9. The zero-order valence-corrected chi connectivity index (χ0v) is 20.9. The van der Waals surface area contributed by atoms with Crippen LogP contribution in [0.1, 0.15) is 49.3 Å². The molecule has 0 radical (unpaired) electrons. The highest BCUT2D eigenvalue weighted by Crippen LogP contribution is 2.38. The van der Waals surface area contributed by atoms with Crippen molar-refractivity contribution < 1.29 is 4.79 Å². The third-order valence-electron chi connectivity index (χ3n) is 6.13. The molecule has 0 aliphatic carbocycles. The molecule has 31 heavy (non-hydrogen) atoms. The molecule has 1 saturated heterocycles. The first kappa shape index (κ1) is 23.5. The van der Waals surface area contributed by atoms with E-state index in [1.165, 1.54) is 11.3 Å². The van der Waals surface area contributed by atoms with Gasteiger partial charge in [0.05, 0.1) is 0 Å². The number of carbonyl (C=O) groups excluding carboxylic acids is 1. The number of hydrogen-bond acceptors (Lipinski definition) is 4. The van der Waals surface area contributed by atoms with Crippen molar-refractivity contribution >= 4 is 41.5 Å². The van der Waals surface area contributed by atoms with E-state index in [0.717, 1.165) is 56.6 Å². The number of fused-ring (bicyclic) bond motifs is 1. The number of benzene rings is 1. The minimum atomic E-state index is 0. The van der Waals surface area contributed by atoms with Gasteiger partial charge in [-0.3, -0.25) is 4.79 Å². The molecular formula is C22H32IN7O. The molecule has 9 heteroatoms. The van der Waals surface area contributed by atoms with E-state index in [1.807, 2.05) is 23.4 Å². The van der Waals surface area contributed by atoms with Gasteiger partial charge in [-0.2, -0.15) is 0 Å². The Labute approximate surface area is 201 Å². The average molecular weight is 537 g/mol. The number of likely N-dealkylation sites (tertiary alicyclic amines) is 1. The van der Waals surface area contributed by atoms with Crippen LogP contribution >= 0.6 is 24.0 Å². The lowest BCUT2D eigenvalue weighted by molar-refractivity contribution is -0.127. The summed E-state index contributed by atoms with van der Waals surface area (Å²) in [6, 6.07) is 8.55. The quantitative estimate of drug-likeness (QED) is 0.349. The van der Waals surface area contributed by atoms with E-state index in [9.17, 15) is 4.79 Å². The highest BCUT2D eigenvalue weighted by Gasteiger charge is 2.32. The van der Waals surface area contributed by atoms with Gasteiger partial charge in [0.2, 0.25) is 5.91 Å². The molecule has 1 unspecified atom stereocenters. The van der Waals surface area contributed by atoms with E-state index < -0.39 is 0 Å². The van der Waals surface area contributed by atoms with Crippen molar-refractivity contribution in [1.82, 2.24) is 25.0 Å². The number of hydrogen-bond donors (Lipinski definition) is 1. The van der Waals surface area contributed by atoms with Crippen LogP contribution < -0.4 is 10.2 Å². The van der Waals surface area contributed by atoms with Gasteiger partial charge in [0.1, 0.15) is 12.4 Å². The minimum absolute atomic E-state index is 0. The molecular weight excluding hydrogens is 505 g/mol. The second-order valence-corrected chi connectivity index (χ2v) is 8.03. The Morgan fingerprint density at radius 3 is 2.77 bits per heavy atom. The fourth-order valence-electron chi connectivity index (χ4n) is 4.32. The maximum absolute atomic E-state index is 12.0. The molecule has 168 valence electrons. The van der Waals surface area contributed by atoms with Crippen LogP contribution in [0.4, 0.5) is 5.69 Å². The number of amides is 1. The minimum Gasteiger partial charge on any atom is -0.356 e. The average Bonchev–Trinajstić information content (AvgIpc) is 3.42. The summed E-state index contributed by atoms with van der Waals surface area (Å²) in [5.74, 6) is 3.28. The van der Waals surface area contributed by atoms with E-state index in [2.05, 4.69) is 51.6 Å². The molecule has 1 fully saturated rings. The summed E-state index contributed by atoms with van der Waals surface area (Å²) in [5.41, 5.74) is 2.54. The van der Waals surface area contributed by atoms with Crippen molar-refractivity contribution in [1.29, 1.82) is 0 Å². The molecule has 1 amide bonds. The molecule has 0 spiro atoms. The number of halogens is 1. The number of nitrogens with one attached hydrogen (secondary N) is 1. The highest BCUT2D eigenvalue weighted by molar-refractivity contribution is 14.0. The molecule has 0 saturated carbocycles. The zero-order chi connectivity index (χ0) is 21.1. The summed E-state index contributed by atoms with van der Waals surface area (Å²) in [6.07, 6.45) is 2.66. The fourth-order valence-corrected chi connectivity index (χ4v) is 4.32. The van der Waals surface area contributed by atoms with Crippen LogP contribution in [-0.2, 0) is 18.4 Å². The van der Waals surface area contributed by atoms with Crippen LogP contribution in [-0.4, -0.2) is 57.7 Å². The van der Waals surface area contributed by atoms with Gasteiger partial charge in [-0.1, -0.05) is 18.2 Å². The first-order chi connectivity index (χ1) is 14.6. The Morgan fingerprint density at radius 2 is 2.10 bits per heavy atom. The Kier molecular flexibility index (Phi) is 7.90. The van der Waals surface area contributed by atoms with E-state index in [1.54, 1.807) is 0 Å². The number of nitrogens with zero attached hydrogens (tertiary/aromatic N) is 6. The van der Waals surface area contributed by atoms with Crippen molar-refractivity contribution in [3.8, 4) is 0 Å². The summed E-state index contributed by atoms with van der Waals surface area (Å²) in [7, 11) is 1.97. The number of para-hydroxylation sites is 1. The van der Waals surface area contributed by atoms with Gasteiger partial charge in [0.15, 0.2) is 11.8 Å². The van der Waals surface area contributed by atoms with E-state index >= 15 is 0 Å². The fraction of sp³-hybridized carbons (Fsp3) is 0.545. The Hall–Kier alpha value is -2.17. The molecule has 4 rings (SSSR count). The standard InChI is InChI=1S/C22H31N7O.HI/c1-4-23-22(24-14-20-26-25-16(2)27(20)3)29-15-17(18-8-5-6-9-19(18)29)11-13-28-12-7-10-21(28)30;/h5-6,8-9,17H,4,7,10-15H2,1-3H3,(H,23,24);1H. The van der Waals surface area contributed by atoms with E-state index in [4.69, 9.17) is 4.99 Å². The van der Waals surface area contributed by atoms with Gasteiger partial charge in [-0.25, -0.2) is 4.99 Å². The molecule has 2 aliphatic rings. The number of guanidine groups is 1. The van der Waals surface area contributed by atoms with Crippen LogP contribution in [0.5, 0.6) is 0 Å². The smallest absolute Gasteiger partial charge is 0.222 e. The number of aromatic nitrogens is 3. The van der Waals surface area contributed by atoms with Crippen molar-refractivity contribution in [3.05, 3.63) is 41.5 Å². The summed E-state index contributed by atoms with van der Waals surface area (Å²) >= 11 is 0. The summed E-state index contributed by atoms with van der Waals surface area (Å²) in [4.78, 5) is 21.2. The Morgan fingerprint density at radius 1 is 1.29 bits per heavy atom.